The zero-order valence-electron chi connectivity index (χ0n) is 6.42. The average molecular weight is 218 g/mol. The Morgan fingerprint density at radius 2 is 1.73 bits per heavy atom. The van der Waals surface area contributed by atoms with E-state index in [-0.39, 0.29) is 0 Å². The van der Waals surface area contributed by atoms with Crippen molar-refractivity contribution in [1.82, 2.24) is 0 Å². The van der Waals surface area contributed by atoms with E-state index in [1.165, 1.54) is 5.56 Å². The van der Waals surface area contributed by atoms with Gasteiger partial charge in [-0.05, 0) is 17.7 Å². The number of benzene rings is 1. The topological polar surface area (TPSA) is 46.2 Å². The van der Waals surface area contributed by atoms with Crippen molar-refractivity contribution in [1.29, 1.82) is 0 Å². The lowest BCUT2D eigenvalue weighted by Gasteiger charge is -1.93. The molecule has 0 atom stereocenters. The number of nitrogens with two attached hydrogens (primary N) is 1. The summed E-state index contributed by atoms with van der Waals surface area (Å²) in [5.41, 5.74) is 6.55. The van der Waals surface area contributed by atoms with Gasteiger partial charge in [-0.2, -0.15) is 0 Å². The van der Waals surface area contributed by atoms with Crippen LogP contribution in [0.15, 0.2) is 28.7 Å². The van der Waals surface area contributed by atoms with E-state index in [2.05, 4.69) is 15.9 Å². The highest BCUT2D eigenvalue weighted by Gasteiger charge is 1.86. The minimum absolute atomic E-state index is 0.618. The van der Waals surface area contributed by atoms with E-state index in [1.54, 1.807) is 0 Å². The van der Waals surface area contributed by atoms with Crippen LogP contribution in [0.3, 0.4) is 0 Å². The molecule has 2 nitrogen and oxygen atoms in total. The molecule has 0 aliphatic rings. The van der Waals surface area contributed by atoms with Gasteiger partial charge in [0.25, 0.3) is 0 Å². The van der Waals surface area contributed by atoms with Gasteiger partial charge in [0, 0.05) is 18.1 Å². The summed E-state index contributed by atoms with van der Waals surface area (Å²) in [5.74, 6) is 0. The maximum Gasteiger partial charge on any atom is 0.0319 e. The van der Waals surface area contributed by atoms with Gasteiger partial charge in [-0.1, -0.05) is 28.1 Å². The number of hydrogen-bond donors (Lipinski definition) is 2. The van der Waals surface area contributed by atoms with E-state index >= 15 is 0 Å². The van der Waals surface area contributed by atoms with Crippen LogP contribution < -0.4 is 5.73 Å². The fraction of sp³-hybridized carbons (Fsp3) is 0.250. The van der Waals surface area contributed by atoms with E-state index < -0.39 is 0 Å². The summed E-state index contributed by atoms with van der Waals surface area (Å²) in [7, 11) is 1.00. The third kappa shape index (κ3) is 4.14. The van der Waals surface area contributed by atoms with E-state index in [4.69, 9.17) is 10.8 Å². The quantitative estimate of drug-likeness (QED) is 0.750. The SMILES string of the molecule is CO.NCc1ccc(Br)cc1. The maximum atomic E-state index is 7.00. The van der Waals surface area contributed by atoms with E-state index in [9.17, 15) is 0 Å². The average Bonchev–Trinajstić information content (AvgIpc) is 2.10. The van der Waals surface area contributed by atoms with Crippen LogP contribution in [0.4, 0.5) is 0 Å². The predicted molar refractivity (Wildman–Crippen MR) is 50.2 cm³/mol. The Kier molecular flexibility index (Phi) is 6.12. The summed E-state index contributed by atoms with van der Waals surface area (Å²) in [6, 6.07) is 7.98. The molecule has 0 aromatic heterocycles. The molecule has 11 heavy (non-hydrogen) atoms. The normalized spacial score (nSPS) is 8.36. The second-order valence-electron chi connectivity index (χ2n) is 1.83. The molecule has 1 aromatic rings. The third-order valence-corrected chi connectivity index (χ3v) is 1.68. The zero-order chi connectivity index (χ0) is 8.69. The van der Waals surface area contributed by atoms with E-state index in [0.29, 0.717) is 6.54 Å². The molecule has 0 aliphatic heterocycles. The minimum atomic E-state index is 0.618. The maximum absolute atomic E-state index is 7.00. The monoisotopic (exact) mass is 217 g/mol. The Bertz CT molecular complexity index is 186. The second-order valence-corrected chi connectivity index (χ2v) is 2.75. The van der Waals surface area contributed by atoms with Gasteiger partial charge in [0.2, 0.25) is 0 Å². The molecular formula is C8H12BrNO. The standard InChI is InChI=1S/C7H8BrN.CH4O/c8-7-3-1-6(5-9)2-4-7;1-2/h1-4H,5,9H2;2H,1H3. The van der Waals surface area contributed by atoms with Crippen LogP contribution in [0, 0.1) is 0 Å². The van der Waals surface area contributed by atoms with Crippen LogP contribution in [0.1, 0.15) is 5.56 Å². The number of hydrogen-bond acceptors (Lipinski definition) is 2. The van der Waals surface area contributed by atoms with Gasteiger partial charge in [-0.15, -0.1) is 0 Å². The van der Waals surface area contributed by atoms with Crippen molar-refractivity contribution in [2.75, 3.05) is 7.11 Å². The highest BCUT2D eigenvalue weighted by atomic mass is 79.9. The molecule has 0 amide bonds. The van der Waals surface area contributed by atoms with Gasteiger partial charge in [-0.3, -0.25) is 0 Å². The smallest absolute Gasteiger partial charge is 0.0319 e. The van der Waals surface area contributed by atoms with Crippen LogP contribution in [0.5, 0.6) is 0 Å². The molecule has 0 unspecified atom stereocenters. The lowest BCUT2D eigenvalue weighted by molar-refractivity contribution is 0.399. The summed E-state index contributed by atoms with van der Waals surface area (Å²) in [5, 5.41) is 7.00. The predicted octanol–water partition coefficient (Wildman–Crippen LogP) is 1.52. The number of rotatable bonds is 1. The summed E-state index contributed by atoms with van der Waals surface area (Å²) >= 11 is 3.33. The molecule has 3 N–H and O–H groups in total. The molecule has 0 saturated heterocycles. The molecule has 0 spiro atoms. The lowest BCUT2D eigenvalue weighted by atomic mass is 10.2. The van der Waals surface area contributed by atoms with Crippen molar-refractivity contribution < 1.29 is 5.11 Å². The first-order valence-electron chi connectivity index (χ1n) is 3.22. The molecule has 1 aromatic carbocycles. The number of aliphatic hydroxyl groups excluding tert-OH is 1. The van der Waals surface area contributed by atoms with Gasteiger partial charge < -0.3 is 10.8 Å². The molecule has 1 rings (SSSR count). The van der Waals surface area contributed by atoms with Gasteiger partial charge in [0.1, 0.15) is 0 Å². The Balaban J connectivity index is 0.000000461. The van der Waals surface area contributed by atoms with Crippen molar-refractivity contribution in [2.24, 2.45) is 5.73 Å². The fourth-order valence-electron chi connectivity index (χ4n) is 0.620. The molecule has 3 heteroatoms. The highest BCUT2D eigenvalue weighted by molar-refractivity contribution is 9.10. The summed E-state index contributed by atoms with van der Waals surface area (Å²) in [4.78, 5) is 0. The molecule has 0 saturated carbocycles. The Morgan fingerprint density at radius 1 is 1.27 bits per heavy atom. The Hall–Kier alpha value is -0.380. The van der Waals surface area contributed by atoms with E-state index in [1.807, 2.05) is 24.3 Å². The van der Waals surface area contributed by atoms with E-state index in [0.717, 1.165) is 11.6 Å². The first kappa shape index (κ1) is 10.6. The Morgan fingerprint density at radius 3 is 2.09 bits per heavy atom. The van der Waals surface area contributed by atoms with Crippen LogP contribution in [-0.2, 0) is 6.54 Å². The van der Waals surface area contributed by atoms with Gasteiger partial charge in [0.15, 0.2) is 0 Å². The molecule has 0 aliphatic carbocycles. The number of halogens is 1. The van der Waals surface area contributed by atoms with Crippen LogP contribution in [0.2, 0.25) is 0 Å². The molecule has 62 valence electrons. The van der Waals surface area contributed by atoms with Crippen molar-refractivity contribution in [3.05, 3.63) is 34.3 Å². The molecule has 0 radical (unpaired) electrons. The van der Waals surface area contributed by atoms with Crippen molar-refractivity contribution in [3.63, 3.8) is 0 Å². The summed E-state index contributed by atoms with van der Waals surface area (Å²) in [6.45, 7) is 0.618. The second kappa shape index (κ2) is 6.34. The Labute approximate surface area is 75.2 Å². The molecule has 0 fully saturated rings. The van der Waals surface area contributed by atoms with Gasteiger partial charge >= 0.3 is 0 Å². The van der Waals surface area contributed by atoms with Crippen molar-refractivity contribution in [2.45, 2.75) is 6.54 Å². The number of aliphatic hydroxyl groups is 1. The third-order valence-electron chi connectivity index (χ3n) is 1.15. The first-order chi connectivity index (χ1) is 5.33. The lowest BCUT2D eigenvalue weighted by Crippen LogP contribution is -1.94. The van der Waals surface area contributed by atoms with Crippen LogP contribution in [-0.4, -0.2) is 12.2 Å². The summed E-state index contributed by atoms with van der Waals surface area (Å²) in [6.07, 6.45) is 0. The zero-order valence-corrected chi connectivity index (χ0v) is 8.01. The highest BCUT2D eigenvalue weighted by Crippen LogP contribution is 2.09. The van der Waals surface area contributed by atoms with Crippen molar-refractivity contribution >= 4 is 15.9 Å². The largest absolute Gasteiger partial charge is 0.400 e. The van der Waals surface area contributed by atoms with Crippen molar-refractivity contribution in [3.8, 4) is 0 Å². The molecule has 0 bridgehead atoms. The van der Waals surface area contributed by atoms with Gasteiger partial charge in [0.05, 0.1) is 0 Å². The molecular weight excluding hydrogens is 206 g/mol. The van der Waals surface area contributed by atoms with Crippen LogP contribution in [0.25, 0.3) is 0 Å². The van der Waals surface area contributed by atoms with Gasteiger partial charge in [-0.25, -0.2) is 0 Å². The first-order valence-corrected chi connectivity index (χ1v) is 4.01. The molecule has 0 heterocycles. The fourth-order valence-corrected chi connectivity index (χ4v) is 0.885. The summed E-state index contributed by atoms with van der Waals surface area (Å²) < 4.78 is 1.10. The minimum Gasteiger partial charge on any atom is -0.400 e. The van der Waals surface area contributed by atoms with Crippen LogP contribution >= 0.6 is 15.9 Å².